The van der Waals surface area contributed by atoms with Crippen LogP contribution in [0, 0.1) is 232 Å². The minimum absolute atomic E-state index is 0. The van der Waals surface area contributed by atoms with E-state index >= 15 is 0 Å². The summed E-state index contributed by atoms with van der Waals surface area (Å²) in [6.07, 6.45) is 0. The fraction of sp³-hybridized carbons (Fsp3) is 0. The van der Waals surface area contributed by atoms with E-state index in [0.29, 0.717) is 0 Å². The first kappa shape index (κ1) is 49.6. The minimum Gasteiger partial charge on any atom is -0.303 e. The van der Waals surface area contributed by atoms with Crippen LogP contribution < -0.4 is 0 Å². The number of rotatable bonds is 0. The molecule has 0 atom stereocenters. The summed E-state index contributed by atoms with van der Waals surface area (Å²) in [5.41, 5.74) is 0. The molecular formula is H6Ce2La2O8P2Tb2. The van der Waals surface area contributed by atoms with Gasteiger partial charge in [-0.1, -0.05) is 0 Å². The molecule has 0 saturated carbocycles. The van der Waals surface area contributed by atoms with E-state index in [9.17, 15) is 0 Å². The quantitative estimate of drug-likeness (QED) is 0.155. The van der Waals surface area contributed by atoms with Crippen LogP contribution >= 0.6 is 15.6 Å². The number of hydrogen-bond acceptors (Lipinski definition) is 2. The molecule has 0 aromatic rings. The molecule has 96 valence electrons. The average Bonchev–Trinajstić information content (AvgIpc) is 1.12. The third kappa shape index (κ3) is 153. The van der Waals surface area contributed by atoms with Crippen molar-refractivity contribution in [3.05, 3.63) is 0 Å². The molecule has 0 aromatic heterocycles. The molecule has 0 aliphatic heterocycles. The molecule has 4 radical (unpaired) electrons. The van der Waals surface area contributed by atoms with Gasteiger partial charge in [0.05, 0.1) is 0 Å². The van der Waals surface area contributed by atoms with Crippen LogP contribution in [0.3, 0.4) is 0 Å². The molecule has 16 heteroatoms. The first-order valence-corrected chi connectivity index (χ1v) is 4.70. The molecule has 0 aliphatic carbocycles. The van der Waals surface area contributed by atoms with E-state index in [1.54, 1.807) is 0 Å². The van der Waals surface area contributed by atoms with Gasteiger partial charge in [0.1, 0.15) is 0 Å². The maximum absolute atomic E-state index is 8.88. The smallest absolute Gasteiger partial charge is 0.303 e. The molecule has 6 N–H and O–H groups in total. The van der Waals surface area contributed by atoms with Gasteiger partial charge in [0, 0.05) is 232 Å². The predicted molar refractivity (Wildman–Crippen MR) is 28.5 cm³/mol. The van der Waals surface area contributed by atoms with Crippen LogP contribution in [-0.4, -0.2) is 29.4 Å². The molecule has 0 aliphatic rings. The van der Waals surface area contributed by atoms with E-state index in [1.165, 1.54) is 0 Å². The van der Waals surface area contributed by atoms with E-state index in [4.69, 9.17) is 38.5 Å². The van der Waals surface area contributed by atoms with E-state index in [2.05, 4.69) is 0 Å². The minimum atomic E-state index is -4.64. The van der Waals surface area contributed by atoms with E-state index in [0.717, 1.165) is 0 Å². The molecule has 0 unspecified atom stereocenters. The molecule has 0 fully saturated rings. The van der Waals surface area contributed by atoms with Crippen LogP contribution in [0.4, 0.5) is 0 Å². The maximum atomic E-state index is 8.88. The van der Waals surface area contributed by atoms with Gasteiger partial charge in [0.15, 0.2) is 0 Å². The standard InChI is InChI=1S/2Ce.2La.2H3O4P.2Tb/c;;;;2*1-5(2,3)4;;/h;;;;2*(H3,1,2,3,4);;. The Balaban J connectivity index is -0.00000000970. The summed E-state index contributed by atoms with van der Waals surface area (Å²) in [4.78, 5) is 43.1. The molecule has 8 nitrogen and oxygen atoms in total. The van der Waals surface area contributed by atoms with Crippen molar-refractivity contribution >= 4 is 15.6 Å². The summed E-state index contributed by atoms with van der Waals surface area (Å²) < 4.78 is 17.8. The molecule has 0 rings (SSSR count). The predicted octanol–water partition coefficient (Wildman–Crippen LogP) is -1.86. The van der Waals surface area contributed by atoms with Crippen molar-refractivity contribution in [3.8, 4) is 0 Å². The topological polar surface area (TPSA) is 156 Å². The van der Waals surface area contributed by atoms with E-state index < -0.39 is 15.6 Å². The molecule has 0 amide bonds. The van der Waals surface area contributed by atoms with E-state index in [1.807, 2.05) is 0 Å². The Morgan fingerprint density at radius 2 is 0.562 bits per heavy atom. The molecule has 0 saturated heterocycles. The zero-order valence-electron chi connectivity index (χ0n) is 7.22. The Bertz CT molecular complexity index is 144. The van der Waals surface area contributed by atoms with Crippen molar-refractivity contribution in [2.75, 3.05) is 0 Å². The van der Waals surface area contributed by atoms with Gasteiger partial charge in [-0.3, -0.25) is 0 Å². The second-order valence-corrected chi connectivity index (χ2v) is 3.08. The fourth-order valence-electron chi connectivity index (χ4n) is 0. The van der Waals surface area contributed by atoms with Crippen LogP contribution in [0.5, 0.6) is 0 Å². The van der Waals surface area contributed by atoms with Gasteiger partial charge in [-0.2, -0.15) is 0 Å². The van der Waals surface area contributed by atoms with Crippen molar-refractivity contribution in [3.63, 3.8) is 0 Å². The van der Waals surface area contributed by atoms with Crippen molar-refractivity contribution in [2.45, 2.75) is 0 Å². The molecule has 0 bridgehead atoms. The Kier molecular flexibility index (Phi) is 86.0. The summed E-state index contributed by atoms with van der Waals surface area (Å²) in [5.74, 6) is 0. The van der Waals surface area contributed by atoms with Crippen molar-refractivity contribution in [1.82, 2.24) is 0 Å². The Hall–Kier alpha value is 7.93. The van der Waals surface area contributed by atoms with Crippen LogP contribution in [-0.2, 0) is 9.13 Å². The van der Waals surface area contributed by atoms with Gasteiger partial charge < -0.3 is 29.4 Å². The molecular weight excluding hydrogens is 1070 g/mol. The third-order valence-corrected chi connectivity index (χ3v) is 0. The van der Waals surface area contributed by atoms with E-state index in [-0.39, 0.29) is 232 Å². The Labute approximate surface area is 277 Å². The monoisotopic (exact) mass is 1070 g/mol. The first-order chi connectivity index (χ1) is 4.00. The second kappa shape index (κ2) is 27.8. The van der Waals surface area contributed by atoms with Crippen LogP contribution in [0.15, 0.2) is 0 Å². The Morgan fingerprint density at radius 1 is 0.562 bits per heavy atom. The summed E-state index contributed by atoms with van der Waals surface area (Å²) >= 11 is 0. The zero-order chi connectivity index (χ0) is 9.00. The van der Waals surface area contributed by atoms with Crippen LogP contribution in [0.25, 0.3) is 0 Å². The first-order valence-electron chi connectivity index (χ1n) is 1.57. The largest absolute Gasteiger partial charge is 0.466 e. The Morgan fingerprint density at radius 3 is 0.562 bits per heavy atom. The zero-order valence-corrected chi connectivity index (χ0v) is 26.8. The second-order valence-electron chi connectivity index (χ2n) is 1.03. The van der Waals surface area contributed by atoms with Crippen molar-refractivity contribution in [2.24, 2.45) is 0 Å². The third-order valence-electron chi connectivity index (χ3n) is 0. The summed E-state index contributed by atoms with van der Waals surface area (Å²) in [7, 11) is -9.28. The number of phosphoric acid groups is 2. The number of hydrogen-bond donors (Lipinski definition) is 6. The average molecular weight is 1070 g/mol. The fourth-order valence-corrected chi connectivity index (χ4v) is 0. The SMILES string of the molecule is O=P(O)(O)O.O=P(O)(O)O.[Ce].[Ce].[La].[La].[Tb].[Tb]. The molecule has 0 aromatic carbocycles. The van der Waals surface area contributed by atoms with Crippen LogP contribution in [0.1, 0.15) is 0 Å². The molecule has 0 spiro atoms. The van der Waals surface area contributed by atoms with Gasteiger partial charge in [-0.15, -0.1) is 0 Å². The van der Waals surface area contributed by atoms with Crippen LogP contribution in [0.2, 0.25) is 0 Å². The van der Waals surface area contributed by atoms with Gasteiger partial charge >= 0.3 is 15.6 Å². The van der Waals surface area contributed by atoms with Crippen molar-refractivity contribution < 1.29 is 270 Å². The van der Waals surface area contributed by atoms with Gasteiger partial charge in [0.2, 0.25) is 0 Å². The molecule has 16 heavy (non-hydrogen) atoms. The van der Waals surface area contributed by atoms with Crippen molar-refractivity contribution in [1.29, 1.82) is 0 Å². The summed E-state index contributed by atoms with van der Waals surface area (Å²) in [5, 5.41) is 0. The summed E-state index contributed by atoms with van der Waals surface area (Å²) in [6.45, 7) is 0. The summed E-state index contributed by atoms with van der Waals surface area (Å²) in [6, 6.07) is 0. The van der Waals surface area contributed by atoms with Gasteiger partial charge in [0.25, 0.3) is 0 Å². The normalized spacial score (nSPS) is 7.38. The van der Waals surface area contributed by atoms with Gasteiger partial charge in [-0.05, 0) is 0 Å². The molecule has 0 heterocycles. The maximum Gasteiger partial charge on any atom is 0.466 e. The van der Waals surface area contributed by atoms with Gasteiger partial charge in [-0.25, -0.2) is 9.13 Å².